The summed E-state index contributed by atoms with van der Waals surface area (Å²) in [5.74, 6) is 2.63. The van der Waals surface area contributed by atoms with Crippen molar-refractivity contribution in [3.8, 4) is 17.1 Å². The molecule has 1 fully saturated rings. The Bertz CT molecular complexity index is 947. The standard InChI is InChI=1S/C22H26N4O3S/c1-28-18-11-9-16(10-12-18)21-24-25-22(26(21)17-6-3-2-4-7-17)30-15-20(27)23-14-19-8-5-13-29-19/h5,8-13,17H,2-4,6-7,14-15H2,1H3,(H,23,27). The fourth-order valence-electron chi connectivity index (χ4n) is 3.76. The fraction of sp³-hybridized carbons (Fsp3) is 0.409. The summed E-state index contributed by atoms with van der Waals surface area (Å²) in [6, 6.07) is 11.9. The number of carbonyl (C=O) groups is 1. The first-order valence-electron chi connectivity index (χ1n) is 10.3. The summed E-state index contributed by atoms with van der Waals surface area (Å²) in [6.45, 7) is 0.388. The highest BCUT2D eigenvalue weighted by Crippen LogP contribution is 2.35. The number of rotatable bonds is 8. The molecule has 1 N–H and O–H groups in total. The zero-order chi connectivity index (χ0) is 20.8. The van der Waals surface area contributed by atoms with Crippen LogP contribution in [0.5, 0.6) is 5.75 Å². The van der Waals surface area contributed by atoms with E-state index in [0.29, 0.717) is 12.6 Å². The fourth-order valence-corrected chi connectivity index (χ4v) is 4.60. The Hall–Kier alpha value is -2.74. The van der Waals surface area contributed by atoms with Gasteiger partial charge in [0.05, 0.1) is 25.7 Å². The highest BCUT2D eigenvalue weighted by atomic mass is 32.2. The summed E-state index contributed by atoms with van der Waals surface area (Å²) in [5, 5.41) is 12.6. The SMILES string of the molecule is COc1ccc(-c2nnc(SCC(=O)NCc3ccco3)n2C2CCCCC2)cc1. The normalized spacial score (nSPS) is 14.6. The Morgan fingerprint density at radius 2 is 2.00 bits per heavy atom. The lowest BCUT2D eigenvalue weighted by atomic mass is 9.95. The summed E-state index contributed by atoms with van der Waals surface area (Å²) in [5.41, 5.74) is 1.00. The molecule has 0 aliphatic heterocycles. The van der Waals surface area contributed by atoms with Gasteiger partial charge in [-0.2, -0.15) is 0 Å². The molecule has 2 aromatic heterocycles. The molecule has 2 heterocycles. The first-order chi connectivity index (χ1) is 14.7. The van der Waals surface area contributed by atoms with Gasteiger partial charge in [-0.1, -0.05) is 31.0 Å². The minimum Gasteiger partial charge on any atom is -0.497 e. The average Bonchev–Trinajstić information content (AvgIpc) is 3.47. The lowest BCUT2D eigenvalue weighted by molar-refractivity contribution is -0.118. The van der Waals surface area contributed by atoms with E-state index in [9.17, 15) is 4.79 Å². The van der Waals surface area contributed by atoms with Crippen LogP contribution in [0.3, 0.4) is 0 Å². The first-order valence-corrected chi connectivity index (χ1v) is 11.2. The number of nitrogens with one attached hydrogen (secondary N) is 1. The maximum Gasteiger partial charge on any atom is 0.230 e. The van der Waals surface area contributed by atoms with E-state index < -0.39 is 0 Å². The molecular weight excluding hydrogens is 400 g/mol. The van der Waals surface area contributed by atoms with Crippen LogP contribution in [-0.4, -0.2) is 33.5 Å². The van der Waals surface area contributed by atoms with Gasteiger partial charge in [0, 0.05) is 11.6 Å². The van der Waals surface area contributed by atoms with Crippen molar-refractivity contribution >= 4 is 17.7 Å². The second-order valence-electron chi connectivity index (χ2n) is 7.34. The van der Waals surface area contributed by atoms with Crippen LogP contribution in [0, 0.1) is 0 Å². The summed E-state index contributed by atoms with van der Waals surface area (Å²) in [4.78, 5) is 12.3. The van der Waals surface area contributed by atoms with Crippen molar-refractivity contribution in [2.45, 2.75) is 49.8 Å². The predicted octanol–water partition coefficient (Wildman–Crippen LogP) is 4.46. The molecule has 8 heteroatoms. The molecular formula is C22H26N4O3S. The lowest BCUT2D eigenvalue weighted by Crippen LogP contribution is -2.24. The second-order valence-corrected chi connectivity index (χ2v) is 8.28. The van der Waals surface area contributed by atoms with Gasteiger partial charge in [0.25, 0.3) is 0 Å². The lowest BCUT2D eigenvalue weighted by Gasteiger charge is -2.25. The number of benzene rings is 1. The number of hydrogen-bond acceptors (Lipinski definition) is 6. The van der Waals surface area contributed by atoms with Gasteiger partial charge in [-0.3, -0.25) is 9.36 Å². The Morgan fingerprint density at radius 1 is 1.20 bits per heavy atom. The Kier molecular flexibility index (Phi) is 6.74. The quantitative estimate of drug-likeness (QED) is 0.536. The zero-order valence-electron chi connectivity index (χ0n) is 17.0. The van der Waals surface area contributed by atoms with Crippen LogP contribution in [0.15, 0.2) is 52.2 Å². The number of nitrogens with zero attached hydrogens (tertiary/aromatic N) is 3. The van der Waals surface area contributed by atoms with Crippen molar-refractivity contribution in [3.63, 3.8) is 0 Å². The van der Waals surface area contributed by atoms with Gasteiger partial charge in [-0.25, -0.2) is 0 Å². The van der Waals surface area contributed by atoms with Gasteiger partial charge in [0.15, 0.2) is 11.0 Å². The third kappa shape index (κ3) is 4.87. The van der Waals surface area contributed by atoms with Crippen molar-refractivity contribution in [2.75, 3.05) is 12.9 Å². The number of amides is 1. The number of carbonyl (C=O) groups excluding carboxylic acids is 1. The van der Waals surface area contributed by atoms with Crippen molar-refractivity contribution < 1.29 is 13.9 Å². The van der Waals surface area contributed by atoms with E-state index in [1.54, 1.807) is 13.4 Å². The summed E-state index contributed by atoms with van der Waals surface area (Å²) in [6.07, 6.45) is 7.51. The monoisotopic (exact) mass is 426 g/mol. The first kappa shape index (κ1) is 20.5. The van der Waals surface area contributed by atoms with Gasteiger partial charge in [0.1, 0.15) is 11.5 Å². The smallest absolute Gasteiger partial charge is 0.230 e. The topological polar surface area (TPSA) is 82.2 Å². The van der Waals surface area contributed by atoms with E-state index >= 15 is 0 Å². The minimum atomic E-state index is -0.0550. The molecule has 0 atom stereocenters. The summed E-state index contributed by atoms with van der Waals surface area (Å²) >= 11 is 1.43. The van der Waals surface area contributed by atoms with Crippen LogP contribution in [0.1, 0.15) is 43.9 Å². The molecule has 3 aromatic rings. The molecule has 0 unspecified atom stereocenters. The molecule has 0 radical (unpaired) electrons. The third-order valence-corrected chi connectivity index (χ3v) is 6.27. The molecule has 1 aliphatic rings. The molecule has 1 aliphatic carbocycles. The van der Waals surface area contributed by atoms with Crippen molar-refractivity contribution in [1.82, 2.24) is 20.1 Å². The largest absolute Gasteiger partial charge is 0.497 e. The van der Waals surface area contributed by atoms with Crippen LogP contribution < -0.4 is 10.1 Å². The van der Waals surface area contributed by atoms with Crippen LogP contribution in [0.2, 0.25) is 0 Å². The van der Waals surface area contributed by atoms with E-state index in [4.69, 9.17) is 9.15 Å². The van der Waals surface area contributed by atoms with Gasteiger partial charge >= 0.3 is 0 Å². The number of aromatic nitrogens is 3. The number of furan rings is 1. The van der Waals surface area contributed by atoms with Crippen LogP contribution in [-0.2, 0) is 11.3 Å². The molecule has 158 valence electrons. The van der Waals surface area contributed by atoms with Gasteiger partial charge in [-0.15, -0.1) is 10.2 Å². The Morgan fingerprint density at radius 3 is 2.70 bits per heavy atom. The highest BCUT2D eigenvalue weighted by Gasteiger charge is 2.24. The van der Waals surface area contributed by atoms with Crippen molar-refractivity contribution in [3.05, 3.63) is 48.4 Å². The molecule has 0 bridgehead atoms. The Balaban J connectivity index is 1.50. The van der Waals surface area contributed by atoms with Gasteiger partial charge < -0.3 is 14.5 Å². The second kappa shape index (κ2) is 9.84. The highest BCUT2D eigenvalue weighted by molar-refractivity contribution is 7.99. The maximum absolute atomic E-state index is 12.3. The third-order valence-electron chi connectivity index (χ3n) is 5.32. The van der Waals surface area contributed by atoms with Crippen molar-refractivity contribution in [2.24, 2.45) is 0 Å². The molecule has 1 aromatic carbocycles. The van der Waals surface area contributed by atoms with E-state index in [0.717, 1.165) is 40.9 Å². The molecule has 4 rings (SSSR count). The van der Waals surface area contributed by atoms with E-state index in [-0.39, 0.29) is 11.7 Å². The maximum atomic E-state index is 12.3. The molecule has 1 amide bonds. The number of ether oxygens (including phenoxy) is 1. The van der Waals surface area contributed by atoms with E-state index in [1.807, 2.05) is 36.4 Å². The number of hydrogen-bond donors (Lipinski definition) is 1. The molecule has 7 nitrogen and oxygen atoms in total. The van der Waals surface area contributed by atoms with Crippen molar-refractivity contribution in [1.29, 1.82) is 0 Å². The summed E-state index contributed by atoms with van der Waals surface area (Å²) in [7, 11) is 1.66. The Labute approximate surface area is 180 Å². The molecule has 30 heavy (non-hydrogen) atoms. The van der Waals surface area contributed by atoms with Crippen LogP contribution in [0.25, 0.3) is 11.4 Å². The zero-order valence-corrected chi connectivity index (χ0v) is 17.9. The molecule has 0 spiro atoms. The minimum absolute atomic E-state index is 0.0550. The van der Waals surface area contributed by atoms with Gasteiger partial charge in [0.2, 0.25) is 5.91 Å². The average molecular weight is 427 g/mol. The summed E-state index contributed by atoms with van der Waals surface area (Å²) < 4.78 is 12.8. The van der Waals surface area contributed by atoms with Crippen LogP contribution >= 0.6 is 11.8 Å². The van der Waals surface area contributed by atoms with E-state index in [1.165, 1.54) is 31.0 Å². The van der Waals surface area contributed by atoms with E-state index in [2.05, 4.69) is 20.1 Å². The molecule has 1 saturated carbocycles. The molecule has 0 saturated heterocycles. The van der Waals surface area contributed by atoms with Crippen LogP contribution in [0.4, 0.5) is 0 Å². The predicted molar refractivity (Wildman–Crippen MR) is 115 cm³/mol. The number of methoxy groups -OCH3 is 1. The number of thioether (sulfide) groups is 1. The van der Waals surface area contributed by atoms with Gasteiger partial charge in [-0.05, 0) is 49.2 Å².